The lowest BCUT2D eigenvalue weighted by atomic mass is 9.98. The average Bonchev–Trinajstić information content (AvgIpc) is 2.68. The van der Waals surface area contributed by atoms with Crippen LogP contribution < -0.4 is 5.73 Å². The maximum Gasteiger partial charge on any atom is 0.325 e. The van der Waals surface area contributed by atoms with E-state index in [9.17, 15) is 9.90 Å². The molecule has 1 saturated heterocycles. The van der Waals surface area contributed by atoms with Gasteiger partial charge in [-0.15, -0.1) is 0 Å². The highest BCUT2D eigenvalue weighted by Crippen LogP contribution is 2.26. The van der Waals surface area contributed by atoms with Crippen LogP contribution in [0, 0.1) is 0 Å². The Bertz CT molecular complexity index is 424. The van der Waals surface area contributed by atoms with E-state index in [-0.39, 0.29) is 25.6 Å². The van der Waals surface area contributed by atoms with Crippen LogP contribution in [0.3, 0.4) is 0 Å². The molecule has 1 aromatic rings. The predicted octanol–water partition coefficient (Wildman–Crippen LogP) is 0.0353. The van der Waals surface area contributed by atoms with Gasteiger partial charge in [-0.25, -0.2) is 0 Å². The third-order valence-corrected chi connectivity index (χ3v) is 3.47. The van der Waals surface area contributed by atoms with Crippen molar-refractivity contribution in [3.8, 4) is 0 Å². The summed E-state index contributed by atoms with van der Waals surface area (Å²) < 4.78 is 0. The van der Waals surface area contributed by atoms with Crippen LogP contribution in [0.5, 0.6) is 0 Å². The molecule has 1 heterocycles. The van der Waals surface area contributed by atoms with Crippen LogP contribution in [0.15, 0.2) is 30.3 Å². The standard InChI is InChI=1S/C13H18N2O3/c14-13(12(17)18)6-11(8-16)15(9-13)7-10-4-2-1-3-5-10/h1-5,11,16H,6-9,14H2,(H,17,18)/t11-,13-/m0/s1. The molecule has 5 heteroatoms. The number of hydrogen-bond donors (Lipinski definition) is 3. The molecule has 0 amide bonds. The molecule has 2 atom stereocenters. The van der Waals surface area contributed by atoms with Gasteiger partial charge in [0.2, 0.25) is 0 Å². The molecule has 1 aromatic carbocycles. The highest BCUT2D eigenvalue weighted by Gasteiger charge is 2.46. The van der Waals surface area contributed by atoms with Crippen LogP contribution >= 0.6 is 0 Å². The fraction of sp³-hybridized carbons (Fsp3) is 0.462. The third kappa shape index (κ3) is 2.53. The molecule has 5 nitrogen and oxygen atoms in total. The fourth-order valence-corrected chi connectivity index (χ4v) is 2.44. The molecule has 98 valence electrons. The number of nitrogens with zero attached hydrogens (tertiary/aromatic N) is 1. The molecule has 0 spiro atoms. The Kier molecular flexibility index (Phi) is 3.65. The number of aliphatic carboxylic acids is 1. The minimum atomic E-state index is -1.25. The summed E-state index contributed by atoms with van der Waals surface area (Å²) in [5.41, 5.74) is 5.70. The topological polar surface area (TPSA) is 86.8 Å². The average molecular weight is 250 g/mol. The third-order valence-electron chi connectivity index (χ3n) is 3.47. The van der Waals surface area contributed by atoms with E-state index in [0.29, 0.717) is 6.54 Å². The first kappa shape index (κ1) is 13.0. The summed E-state index contributed by atoms with van der Waals surface area (Å²) >= 11 is 0. The van der Waals surface area contributed by atoms with Crippen LogP contribution in [0.4, 0.5) is 0 Å². The van der Waals surface area contributed by atoms with E-state index in [1.807, 2.05) is 35.2 Å². The fourth-order valence-electron chi connectivity index (χ4n) is 2.44. The van der Waals surface area contributed by atoms with Gasteiger partial charge in [-0.1, -0.05) is 30.3 Å². The van der Waals surface area contributed by atoms with Gasteiger partial charge in [0.1, 0.15) is 5.54 Å². The molecule has 0 radical (unpaired) electrons. The smallest absolute Gasteiger partial charge is 0.325 e. The van der Waals surface area contributed by atoms with Crippen molar-refractivity contribution in [1.82, 2.24) is 4.90 Å². The number of carbonyl (C=O) groups is 1. The van der Waals surface area contributed by atoms with E-state index in [1.54, 1.807) is 0 Å². The van der Waals surface area contributed by atoms with E-state index in [0.717, 1.165) is 5.56 Å². The molecule has 0 unspecified atom stereocenters. The first-order chi connectivity index (χ1) is 8.55. The Labute approximate surface area is 106 Å². The zero-order valence-corrected chi connectivity index (χ0v) is 10.1. The molecule has 1 aliphatic rings. The van der Waals surface area contributed by atoms with Crippen molar-refractivity contribution in [2.24, 2.45) is 5.73 Å². The quantitative estimate of drug-likeness (QED) is 0.702. The van der Waals surface area contributed by atoms with Crippen LogP contribution in [0.25, 0.3) is 0 Å². The van der Waals surface area contributed by atoms with Crippen molar-refractivity contribution < 1.29 is 15.0 Å². The van der Waals surface area contributed by atoms with Gasteiger partial charge in [0.25, 0.3) is 0 Å². The second kappa shape index (κ2) is 5.06. The molecule has 0 saturated carbocycles. The van der Waals surface area contributed by atoms with Gasteiger partial charge in [0.15, 0.2) is 0 Å². The van der Waals surface area contributed by atoms with Crippen LogP contribution in [0.1, 0.15) is 12.0 Å². The number of likely N-dealkylation sites (tertiary alicyclic amines) is 1. The normalized spacial score (nSPS) is 28.4. The Hall–Kier alpha value is -1.43. The van der Waals surface area contributed by atoms with E-state index >= 15 is 0 Å². The van der Waals surface area contributed by atoms with Crippen molar-refractivity contribution in [2.45, 2.75) is 24.5 Å². The maximum atomic E-state index is 11.1. The summed E-state index contributed by atoms with van der Waals surface area (Å²) in [6, 6.07) is 9.57. The Morgan fingerprint density at radius 3 is 2.67 bits per heavy atom. The molecule has 0 aliphatic carbocycles. The molecular weight excluding hydrogens is 232 g/mol. The first-order valence-corrected chi connectivity index (χ1v) is 5.96. The summed E-state index contributed by atoms with van der Waals surface area (Å²) in [7, 11) is 0. The largest absolute Gasteiger partial charge is 0.480 e. The van der Waals surface area contributed by atoms with Crippen molar-refractivity contribution >= 4 is 5.97 Å². The van der Waals surface area contributed by atoms with Crippen molar-refractivity contribution in [1.29, 1.82) is 0 Å². The molecule has 18 heavy (non-hydrogen) atoms. The summed E-state index contributed by atoms with van der Waals surface area (Å²) in [5, 5.41) is 18.5. The number of aliphatic hydroxyl groups excluding tert-OH is 1. The van der Waals surface area contributed by atoms with Crippen molar-refractivity contribution in [3.63, 3.8) is 0 Å². The van der Waals surface area contributed by atoms with Gasteiger partial charge in [0, 0.05) is 19.1 Å². The molecule has 1 fully saturated rings. The number of benzene rings is 1. The Balaban J connectivity index is 2.11. The molecule has 0 bridgehead atoms. The van der Waals surface area contributed by atoms with Crippen LogP contribution in [-0.2, 0) is 11.3 Å². The lowest BCUT2D eigenvalue weighted by Gasteiger charge is -2.22. The van der Waals surface area contributed by atoms with Gasteiger partial charge in [-0.2, -0.15) is 0 Å². The van der Waals surface area contributed by atoms with Gasteiger partial charge >= 0.3 is 5.97 Å². The number of carboxylic acid groups (broad SMARTS) is 1. The second-order valence-electron chi connectivity index (χ2n) is 4.89. The molecule has 1 aliphatic heterocycles. The summed E-state index contributed by atoms with van der Waals surface area (Å²) in [6.07, 6.45) is 0.283. The molecular formula is C13H18N2O3. The monoisotopic (exact) mass is 250 g/mol. The molecule has 2 rings (SSSR count). The number of rotatable bonds is 4. The summed E-state index contributed by atoms with van der Waals surface area (Å²) in [6.45, 7) is 0.805. The Morgan fingerprint density at radius 1 is 1.44 bits per heavy atom. The van der Waals surface area contributed by atoms with Crippen molar-refractivity contribution in [2.75, 3.05) is 13.2 Å². The lowest BCUT2D eigenvalue weighted by Crippen LogP contribution is -2.50. The van der Waals surface area contributed by atoms with E-state index in [4.69, 9.17) is 10.8 Å². The number of carboxylic acids is 1. The summed E-state index contributed by atoms with van der Waals surface area (Å²) in [5.74, 6) is -1.00. The van der Waals surface area contributed by atoms with E-state index < -0.39 is 11.5 Å². The van der Waals surface area contributed by atoms with Gasteiger partial charge in [0.05, 0.1) is 6.61 Å². The number of hydrogen-bond acceptors (Lipinski definition) is 4. The second-order valence-corrected chi connectivity index (χ2v) is 4.89. The number of aliphatic hydroxyl groups is 1. The summed E-state index contributed by atoms with van der Waals surface area (Å²) in [4.78, 5) is 13.1. The predicted molar refractivity (Wildman–Crippen MR) is 66.9 cm³/mol. The highest BCUT2D eigenvalue weighted by atomic mass is 16.4. The van der Waals surface area contributed by atoms with E-state index in [2.05, 4.69) is 0 Å². The molecule has 0 aromatic heterocycles. The Morgan fingerprint density at radius 2 is 2.11 bits per heavy atom. The van der Waals surface area contributed by atoms with Gasteiger partial charge in [-0.05, 0) is 12.0 Å². The minimum Gasteiger partial charge on any atom is -0.480 e. The minimum absolute atomic E-state index is 0.0704. The zero-order valence-electron chi connectivity index (χ0n) is 10.1. The zero-order chi connectivity index (χ0) is 13.2. The SMILES string of the molecule is N[C@@]1(C(=O)O)C[C@@H](CO)N(Cc2ccccc2)C1. The van der Waals surface area contributed by atoms with Crippen LogP contribution in [-0.4, -0.2) is 45.8 Å². The van der Waals surface area contributed by atoms with Gasteiger partial charge < -0.3 is 15.9 Å². The van der Waals surface area contributed by atoms with E-state index in [1.165, 1.54) is 0 Å². The van der Waals surface area contributed by atoms with Crippen LogP contribution in [0.2, 0.25) is 0 Å². The highest BCUT2D eigenvalue weighted by molar-refractivity contribution is 5.79. The van der Waals surface area contributed by atoms with Crippen molar-refractivity contribution in [3.05, 3.63) is 35.9 Å². The first-order valence-electron chi connectivity index (χ1n) is 5.96. The number of nitrogens with two attached hydrogens (primary N) is 1. The maximum absolute atomic E-state index is 11.1. The lowest BCUT2D eigenvalue weighted by molar-refractivity contribution is -0.142. The molecule has 4 N–H and O–H groups in total. The van der Waals surface area contributed by atoms with Gasteiger partial charge in [-0.3, -0.25) is 9.69 Å².